The number of rotatable bonds is 0. The van der Waals surface area contributed by atoms with Crippen LogP contribution in [0.25, 0.3) is 10.1 Å². The minimum absolute atomic E-state index is 0.0151. The highest BCUT2D eigenvalue weighted by molar-refractivity contribution is 9.11. The Morgan fingerprint density at radius 2 is 2.31 bits per heavy atom. The summed E-state index contributed by atoms with van der Waals surface area (Å²) in [5.41, 5.74) is 2.18. The summed E-state index contributed by atoms with van der Waals surface area (Å²) in [5, 5.41) is 1.01. The monoisotopic (exact) mass is 299 g/mol. The van der Waals surface area contributed by atoms with Crippen molar-refractivity contribution in [1.82, 2.24) is 4.98 Å². The van der Waals surface area contributed by atoms with Crippen molar-refractivity contribution in [3.63, 3.8) is 0 Å². The molecular formula is C11H10BrNO2S. The maximum absolute atomic E-state index is 11.8. The Bertz CT molecular complexity index is 629. The van der Waals surface area contributed by atoms with Crippen molar-refractivity contribution < 1.29 is 4.74 Å². The molecule has 1 aliphatic heterocycles. The van der Waals surface area contributed by atoms with Gasteiger partial charge in [-0.15, -0.1) is 11.3 Å². The fourth-order valence-corrected chi connectivity index (χ4v) is 3.87. The van der Waals surface area contributed by atoms with E-state index >= 15 is 0 Å². The Kier molecular flexibility index (Phi) is 2.33. The fourth-order valence-electron chi connectivity index (χ4n) is 2.18. The highest BCUT2D eigenvalue weighted by atomic mass is 79.9. The van der Waals surface area contributed by atoms with Crippen LogP contribution in [0.15, 0.2) is 8.58 Å². The molecule has 0 amide bonds. The molecule has 0 saturated carbocycles. The Hall–Kier alpha value is -0.810. The topological polar surface area (TPSA) is 42.1 Å². The number of hydrogen-bond donors (Lipinski definition) is 1. The smallest absolute Gasteiger partial charge is 0.266 e. The number of halogens is 1. The fraction of sp³-hybridized carbons (Fsp3) is 0.364. The minimum atomic E-state index is -0.0151. The first kappa shape index (κ1) is 10.4. The summed E-state index contributed by atoms with van der Waals surface area (Å²) in [7, 11) is 0. The Morgan fingerprint density at radius 1 is 1.50 bits per heavy atom. The maximum Gasteiger partial charge on any atom is 0.266 e. The van der Waals surface area contributed by atoms with E-state index in [0.717, 1.165) is 38.2 Å². The molecule has 3 nitrogen and oxygen atoms in total. The van der Waals surface area contributed by atoms with Crippen LogP contribution in [-0.4, -0.2) is 11.6 Å². The molecule has 0 saturated heterocycles. The Labute approximate surface area is 105 Å². The molecule has 16 heavy (non-hydrogen) atoms. The third-order valence-electron chi connectivity index (χ3n) is 2.90. The van der Waals surface area contributed by atoms with Gasteiger partial charge in [0.1, 0.15) is 8.49 Å². The lowest BCUT2D eigenvalue weighted by molar-refractivity contribution is 0.319. The lowest BCUT2D eigenvalue weighted by Crippen LogP contribution is -2.08. The van der Waals surface area contributed by atoms with E-state index < -0.39 is 0 Å². The zero-order valence-electron chi connectivity index (χ0n) is 8.72. The van der Waals surface area contributed by atoms with Crippen molar-refractivity contribution in [2.75, 3.05) is 6.61 Å². The van der Waals surface area contributed by atoms with Gasteiger partial charge in [0, 0.05) is 11.1 Å². The van der Waals surface area contributed by atoms with Gasteiger partial charge in [-0.05, 0) is 41.3 Å². The molecule has 2 aromatic rings. The van der Waals surface area contributed by atoms with Crippen LogP contribution in [0.4, 0.5) is 0 Å². The first-order valence-corrected chi connectivity index (χ1v) is 6.76. The number of thiophene rings is 1. The lowest BCUT2D eigenvalue weighted by atomic mass is 10.1. The van der Waals surface area contributed by atoms with Crippen LogP contribution in [0.1, 0.15) is 17.7 Å². The summed E-state index contributed by atoms with van der Waals surface area (Å²) < 4.78 is 7.40. The lowest BCUT2D eigenvalue weighted by Gasteiger charge is -2.04. The van der Waals surface area contributed by atoms with Crippen molar-refractivity contribution in [1.29, 1.82) is 0 Å². The zero-order chi connectivity index (χ0) is 11.3. The molecule has 0 atom stereocenters. The highest BCUT2D eigenvalue weighted by Crippen LogP contribution is 2.43. The maximum atomic E-state index is 11.8. The van der Waals surface area contributed by atoms with Gasteiger partial charge in [-0.2, -0.15) is 0 Å². The summed E-state index contributed by atoms with van der Waals surface area (Å²) in [6.45, 7) is 2.67. The first-order chi connectivity index (χ1) is 7.68. The predicted molar refractivity (Wildman–Crippen MR) is 68.7 cm³/mol. The van der Waals surface area contributed by atoms with Crippen molar-refractivity contribution in [3.05, 3.63) is 25.4 Å². The van der Waals surface area contributed by atoms with Crippen LogP contribution in [0.5, 0.6) is 5.75 Å². The average molecular weight is 300 g/mol. The van der Waals surface area contributed by atoms with Crippen molar-refractivity contribution in [2.45, 2.75) is 19.8 Å². The van der Waals surface area contributed by atoms with E-state index in [2.05, 4.69) is 20.9 Å². The molecule has 0 aliphatic carbocycles. The normalized spacial score (nSPS) is 14.9. The molecule has 2 aromatic heterocycles. The van der Waals surface area contributed by atoms with Gasteiger partial charge in [-0.25, -0.2) is 0 Å². The molecule has 0 unspecified atom stereocenters. The zero-order valence-corrected chi connectivity index (χ0v) is 11.1. The van der Waals surface area contributed by atoms with Crippen LogP contribution < -0.4 is 10.3 Å². The summed E-state index contributed by atoms with van der Waals surface area (Å²) in [6, 6.07) is 0. The third-order valence-corrected chi connectivity index (χ3v) is 4.71. The van der Waals surface area contributed by atoms with E-state index in [4.69, 9.17) is 4.74 Å². The third kappa shape index (κ3) is 1.34. The number of ether oxygens (including phenoxy) is 1. The number of aromatic nitrogens is 1. The second kappa shape index (κ2) is 3.60. The molecule has 1 aliphatic rings. The minimum Gasteiger partial charge on any atom is -0.491 e. The van der Waals surface area contributed by atoms with Crippen LogP contribution in [-0.2, 0) is 6.42 Å². The largest absolute Gasteiger partial charge is 0.491 e. The predicted octanol–water partition coefficient (Wildman–Crippen LogP) is 2.99. The number of H-pyrrole nitrogens is 1. The Morgan fingerprint density at radius 3 is 3.12 bits per heavy atom. The molecule has 0 aromatic carbocycles. The first-order valence-electron chi connectivity index (χ1n) is 5.15. The van der Waals surface area contributed by atoms with Gasteiger partial charge < -0.3 is 9.72 Å². The van der Waals surface area contributed by atoms with Gasteiger partial charge in [0.25, 0.3) is 5.56 Å². The van der Waals surface area contributed by atoms with Crippen LogP contribution in [0.2, 0.25) is 0 Å². The number of nitrogens with one attached hydrogen (secondary N) is 1. The van der Waals surface area contributed by atoms with E-state index in [1.54, 1.807) is 0 Å². The summed E-state index contributed by atoms with van der Waals surface area (Å²) in [5.74, 6) is 0.849. The number of aryl methyl sites for hydroxylation is 2. The van der Waals surface area contributed by atoms with Crippen molar-refractivity contribution >= 4 is 37.4 Å². The van der Waals surface area contributed by atoms with Crippen LogP contribution >= 0.6 is 27.3 Å². The second-order valence-electron chi connectivity index (χ2n) is 3.92. The SMILES string of the molecule is Cc1[nH]c(=O)c2sc(Br)c3c2c1CCCO3. The van der Waals surface area contributed by atoms with Crippen molar-refractivity contribution in [3.8, 4) is 5.75 Å². The summed E-state index contributed by atoms with van der Waals surface area (Å²) >= 11 is 4.92. The molecular weight excluding hydrogens is 290 g/mol. The molecule has 0 spiro atoms. The van der Waals surface area contributed by atoms with E-state index in [1.807, 2.05) is 6.92 Å². The van der Waals surface area contributed by atoms with Gasteiger partial charge >= 0.3 is 0 Å². The van der Waals surface area contributed by atoms with Gasteiger partial charge in [0.15, 0.2) is 5.75 Å². The van der Waals surface area contributed by atoms with E-state index in [1.165, 1.54) is 16.9 Å². The summed E-state index contributed by atoms with van der Waals surface area (Å²) in [4.78, 5) is 14.8. The van der Waals surface area contributed by atoms with E-state index in [0.29, 0.717) is 6.61 Å². The molecule has 84 valence electrons. The molecule has 3 rings (SSSR count). The van der Waals surface area contributed by atoms with Crippen LogP contribution in [0.3, 0.4) is 0 Å². The second-order valence-corrected chi connectivity index (χ2v) is 6.26. The standard InChI is InChI=1S/C11H10BrNO2S/c1-5-6-3-2-4-15-8-7(6)9(11(14)13-5)16-10(8)12/h2-4H2,1H3,(H,13,14). The molecule has 0 fully saturated rings. The van der Waals surface area contributed by atoms with Gasteiger partial charge in [0.05, 0.1) is 6.61 Å². The molecule has 0 bridgehead atoms. The molecule has 0 radical (unpaired) electrons. The molecule has 1 N–H and O–H groups in total. The Balaban J connectivity index is 2.53. The highest BCUT2D eigenvalue weighted by Gasteiger charge is 2.21. The molecule has 3 heterocycles. The van der Waals surface area contributed by atoms with Crippen LogP contribution in [0, 0.1) is 6.92 Å². The summed E-state index contributed by atoms with van der Waals surface area (Å²) in [6.07, 6.45) is 1.96. The number of pyridine rings is 1. The van der Waals surface area contributed by atoms with E-state index in [-0.39, 0.29) is 5.56 Å². The average Bonchev–Trinajstić information content (AvgIpc) is 2.47. The quantitative estimate of drug-likeness (QED) is 0.812. The number of hydrogen-bond acceptors (Lipinski definition) is 3. The van der Waals surface area contributed by atoms with Gasteiger partial charge in [-0.1, -0.05) is 0 Å². The van der Waals surface area contributed by atoms with Gasteiger partial charge in [0.2, 0.25) is 0 Å². The number of aromatic amines is 1. The van der Waals surface area contributed by atoms with Gasteiger partial charge in [-0.3, -0.25) is 4.79 Å². The van der Waals surface area contributed by atoms with Crippen molar-refractivity contribution in [2.24, 2.45) is 0 Å². The van der Waals surface area contributed by atoms with E-state index in [9.17, 15) is 4.79 Å². The molecule has 5 heteroatoms.